The molecule has 1 aliphatic heterocycles. The fraction of sp³-hybridized carbons (Fsp3) is 0.722. The van der Waals surface area contributed by atoms with Gasteiger partial charge in [-0.15, -0.1) is 0 Å². The number of hydrogen-bond donors (Lipinski definition) is 0. The van der Waals surface area contributed by atoms with Crippen molar-refractivity contribution in [3.63, 3.8) is 0 Å². The lowest BCUT2D eigenvalue weighted by Gasteiger charge is -2.34. The van der Waals surface area contributed by atoms with E-state index in [-0.39, 0.29) is 23.8 Å². The molecule has 6 heteroatoms. The highest BCUT2D eigenvalue weighted by atomic mass is 16.2. The third-order valence-electron chi connectivity index (χ3n) is 5.52. The number of aryl methyl sites for hydroxylation is 1. The van der Waals surface area contributed by atoms with Gasteiger partial charge >= 0.3 is 0 Å². The molecular weight excluding hydrogens is 304 g/mol. The lowest BCUT2D eigenvalue weighted by molar-refractivity contribution is -0.135. The Morgan fingerprint density at radius 3 is 2.54 bits per heavy atom. The molecule has 2 heterocycles. The first-order valence-corrected chi connectivity index (χ1v) is 9.13. The van der Waals surface area contributed by atoms with Gasteiger partial charge in [-0.05, 0) is 31.7 Å². The van der Waals surface area contributed by atoms with Gasteiger partial charge in [-0.1, -0.05) is 19.3 Å². The zero-order valence-corrected chi connectivity index (χ0v) is 14.8. The van der Waals surface area contributed by atoms with Crippen molar-refractivity contribution in [2.75, 3.05) is 20.1 Å². The molecule has 1 saturated heterocycles. The minimum Gasteiger partial charge on any atom is -0.345 e. The highest BCUT2D eigenvalue weighted by Crippen LogP contribution is 2.33. The predicted molar refractivity (Wildman–Crippen MR) is 91.5 cm³/mol. The maximum absolute atomic E-state index is 13.1. The fourth-order valence-electron chi connectivity index (χ4n) is 4.13. The smallest absolute Gasteiger partial charge is 0.272 e. The molecule has 2 aliphatic rings. The number of aromatic nitrogens is 2. The van der Waals surface area contributed by atoms with Gasteiger partial charge in [-0.25, -0.2) is 0 Å². The van der Waals surface area contributed by atoms with E-state index in [1.165, 1.54) is 0 Å². The van der Waals surface area contributed by atoms with Crippen LogP contribution < -0.4 is 0 Å². The van der Waals surface area contributed by atoms with Crippen LogP contribution >= 0.6 is 0 Å². The van der Waals surface area contributed by atoms with Crippen molar-refractivity contribution in [2.45, 2.75) is 51.0 Å². The van der Waals surface area contributed by atoms with Crippen molar-refractivity contribution < 1.29 is 9.59 Å². The van der Waals surface area contributed by atoms with E-state index in [0.717, 1.165) is 58.0 Å². The first-order chi connectivity index (χ1) is 11.6. The van der Waals surface area contributed by atoms with E-state index in [1.807, 2.05) is 16.8 Å². The molecule has 1 aliphatic carbocycles. The second-order valence-corrected chi connectivity index (χ2v) is 7.12. The quantitative estimate of drug-likeness (QED) is 0.791. The summed E-state index contributed by atoms with van der Waals surface area (Å²) in [4.78, 5) is 29.8. The lowest BCUT2D eigenvalue weighted by Crippen LogP contribution is -2.48. The number of fused-ring (bicyclic) bond motifs is 1. The fourth-order valence-corrected chi connectivity index (χ4v) is 4.13. The normalized spacial score (nSPS) is 26.2. The molecule has 0 aromatic carbocycles. The molecule has 24 heavy (non-hydrogen) atoms. The van der Waals surface area contributed by atoms with Crippen LogP contribution in [0.2, 0.25) is 0 Å². The topological polar surface area (TPSA) is 58.4 Å². The van der Waals surface area contributed by atoms with E-state index in [9.17, 15) is 9.59 Å². The Kier molecular flexibility index (Phi) is 5.21. The minimum atomic E-state index is -0.0507. The number of carbonyl (C=O) groups excluding carboxylic acids is 2. The maximum Gasteiger partial charge on any atom is 0.272 e. The van der Waals surface area contributed by atoms with Gasteiger partial charge in [0.15, 0.2) is 0 Å². The molecule has 3 rings (SSSR count). The largest absolute Gasteiger partial charge is 0.345 e. The summed E-state index contributed by atoms with van der Waals surface area (Å²) in [7, 11) is 3.70. The van der Waals surface area contributed by atoms with Crippen molar-refractivity contribution in [1.82, 2.24) is 19.6 Å². The van der Waals surface area contributed by atoms with E-state index < -0.39 is 0 Å². The van der Waals surface area contributed by atoms with Crippen LogP contribution in [0.4, 0.5) is 0 Å². The van der Waals surface area contributed by atoms with Gasteiger partial charge < -0.3 is 9.80 Å². The van der Waals surface area contributed by atoms with Gasteiger partial charge in [-0.3, -0.25) is 14.3 Å². The highest BCUT2D eigenvalue weighted by molar-refractivity contribution is 5.93. The average molecular weight is 332 g/mol. The monoisotopic (exact) mass is 332 g/mol. The Morgan fingerprint density at radius 2 is 1.83 bits per heavy atom. The SMILES string of the molecule is CN1CCCCCCN(C(=O)c2ccnn2C)C2CCCC2C1=O. The Hall–Kier alpha value is -1.85. The molecular formula is C18H28N4O2. The second kappa shape index (κ2) is 7.36. The highest BCUT2D eigenvalue weighted by Gasteiger charge is 2.40. The van der Waals surface area contributed by atoms with Gasteiger partial charge in [0.25, 0.3) is 5.91 Å². The Bertz CT molecular complexity index is 598. The second-order valence-electron chi connectivity index (χ2n) is 7.12. The first-order valence-electron chi connectivity index (χ1n) is 9.13. The van der Waals surface area contributed by atoms with E-state index in [4.69, 9.17) is 0 Å². The molecule has 0 bridgehead atoms. The molecule has 1 saturated carbocycles. The third-order valence-corrected chi connectivity index (χ3v) is 5.52. The number of rotatable bonds is 1. The molecule has 2 atom stereocenters. The number of nitrogens with zero attached hydrogens (tertiary/aromatic N) is 4. The lowest BCUT2D eigenvalue weighted by atomic mass is 9.99. The van der Waals surface area contributed by atoms with Crippen LogP contribution in [0.15, 0.2) is 12.3 Å². The summed E-state index contributed by atoms with van der Waals surface area (Å²) in [6, 6.07) is 1.80. The molecule has 132 valence electrons. The zero-order chi connectivity index (χ0) is 17.1. The molecule has 0 N–H and O–H groups in total. The molecule has 1 aromatic heterocycles. The molecule has 0 spiro atoms. The Balaban J connectivity index is 1.88. The molecule has 0 radical (unpaired) electrons. The van der Waals surface area contributed by atoms with Crippen LogP contribution in [-0.2, 0) is 11.8 Å². The summed E-state index contributed by atoms with van der Waals surface area (Å²) in [6.07, 6.45) is 8.76. The standard InChI is InChI=1S/C18H28N4O2/c1-20-12-5-3-4-6-13-22(15-9-7-8-14(15)17(20)23)18(24)16-10-11-19-21(16)2/h10-11,14-15H,3-9,12-13H2,1-2H3. The van der Waals surface area contributed by atoms with Gasteiger partial charge in [0.2, 0.25) is 5.91 Å². The summed E-state index contributed by atoms with van der Waals surface area (Å²) in [5.41, 5.74) is 0.608. The first kappa shape index (κ1) is 17.0. The molecule has 2 fully saturated rings. The van der Waals surface area contributed by atoms with E-state index in [2.05, 4.69) is 5.10 Å². The van der Waals surface area contributed by atoms with E-state index in [1.54, 1.807) is 24.0 Å². The van der Waals surface area contributed by atoms with Crippen LogP contribution in [0.1, 0.15) is 55.4 Å². The van der Waals surface area contributed by atoms with Crippen LogP contribution in [0.3, 0.4) is 0 Å². The van der Waals surface area contributed by atoms with Crippen molar-refractivity contribution in [1.29, 1.82) is 0 Å². The summed E-state index contributed by atoms with van der Waals surface area (Å²) < 4.78 is 1.63. The van der Waals surface area contributed by atoms with Gasteiger partial charge in [0, 0.05) is 39.4 Å². The van der Waals surface area contributed by atoms with Crippen molar-refractivity contribution in [3.8, 4) is 0 Å². The molecule has 2 unspecified atom stereocenters. The summed E-state index contributed by atoms with van der Waals surface area (Å²) in [6.45, 7) is 1.57. The van der Waals surface area contributed by atoms with Crippen LogP contribution in [-0.4, -0.2) is 57.6 Å². The average Bonchev–Trinajstić information content (AvgIpc) is 3.20. The predicted octanol–water partition coefficient (Wildman–Crippen LogP) is 2.06. The minimum absolute atomic E-state index is 0.0154. The van der Waals surface area contributed by atoms with Crippen LogP contribution in [0.5, 0.6) is 0 Å². The number of amides is 2. The third kappa shape index (κ3) is 3.32. The summed E-state index contributed by atoms with van der Waals surface area (Å²) in [5, 5.41) is 4.13. The van der Waals surface area contributed by atoms with E-state index in [0.29, 0.717) is 5.69 Å². The summed E-state index contributed by atoms with van der Waals surface area (Å²) >= 11 is 0. The zero-order valence-electron chi connectivity index (χ0n) is 14.8. The Labute approximate surface area is 143 Å². The van der Waals surface area contributed by atoms with Crippen molar-refractivity contribution >= 4 is 11.8 Å². The number of hydrogen-bond acceptors (Lipinski definition) is 3. The van der Waals surface area contributed by atoms with Gasteiger partial charge in [0.1, 0.15) is 5.69 Å². The van der Waals surface area contributed by atoms with Gasteiger partial charge in [-0.2, -0.15) is 5.10 Å². The number of carbonyl (C=O) groups is 2. The van der Waals surface area contributed by atoms with Gasteiger partial charge in [0.05, 0.1) is 5.92 Å². The van der Waals surface area contributed by atoms with Crippen molar-refractivity contribution in [3.05, 3.63) is 18.0 Å². The van der Waals surface area contributed by atoms with E-state index >= 15 is 0 Å². The molecule has 2 amide bonds. The molecule has 1 aromatic rings. The van der Waals surface area contributed by atoms with Crippen molar-refractivity contribution in [2.24, 2.45) is 13.0 Å². The van der Waals surface area contributed by atoms with Crippen LogP contribution in [0.25, 0.3) is 0 Å². The maximum atomic E-state index is 13.1. The van der Waals surface area contributed by atoms with Crippen LogP contribution in [0, 0.1) is 5.92 Å². The Morgan fingerprint density at radius 1 is 1.08 bits per heavy atom. The summed E-state index contributed by atoms with van der Waals surface area (Å²) in [5.74, 6) is 0.175. The molecule has 6 nitrogen and oxygen atoms in total.